The Morgan fingerprint density at radius 2 is 1.28 bits per heavy atom. The van der Waals surface area contributed by atoms with E-state index >= 15 is 0 Å². The molecule has 0 saturated carbocycles. The number of hydrogen-bond donors (Lipinski definition) is 1. The first-order chi connectivity index (χ1) is 13.6. The van der Waals surface area contributed by atoms with Gasteiger partial charge >= 0.3 is 23.9 Å². The maximum atomic E-state index is 11.4. The number of esters is 4. The van der Waals surface area contributed by atoms with Crippen LogP contribution in [0.1, 0.15) is 42.0 Å². The molecule has 0 amide bonds. The lowest BCUT2D eigenvalue weighted by atomic mass is 10.3. The third-order valence-corrected chi connectivity index (χ3v) is 4.33. The van der Waals surface area contributed by atoms with Gasteiger partial charge in [0, 0.05) is 7.05 Å². The summed E-state index contributed by atoms with van der Waals surface area (Å²) < 4.78 is 19.9. The predicted molar refractivity (Wildman–Crippen MR) is 103 cm³/mol. The molecule has 158 valence electrons. The molecule has 0 fully saturated rings. The average Bonchev–Trinajstić information content (AvgIpc) is 3.26. The Morgan fingerprint density at radius 3 is 1.76 bits per heavy atom. The van der Waals surface area contributed by atoms with Gasteiger partial charge in [-0.15, -0.1) is 0 Å². The number of rotatable bonds is 4. The van der Waals surface area contributed by atoms with E-state index < -0.39 is 23.9 Å². The van der Waals surface area contributed by atoms with E-state index in [4.69, 9.17) is 0 Å². The fourth-order valence-corrected chi connectivity index (χ4v) is 2.61. The minimum absolute atomic E-state index is 0.0359. The summed E-state index contributed by atoms with van der Waals surface area (Å²) >= 11 is 6.09. The number of carbonyl (C=O) groups is 4. The van der Waals surface area contributed by atoms with Crippen molar-refractivity contribution >= 4 is 55.7 Å². The summed E-state index contributed by atoms with van der Waals surface area (Å²) in [6.07, 6.45) is 0. The first-order valence-electron chi connectivity index (χ1n) is 7.43. The highest BCUT2D eigenvalue weighted by molar-refractivity contribution is 9.10. The first kappa shape index (κ1) is 24.3. The Kier molecular flexibility index (Phi) is 8.97. The van der Waals surface area contributed by atoms with Crippen molar-refractivity contribution < 1.29 is 38.1 Å². The van der Waals surface area contributed by atoms with E-state index in [1.165, 1.54) is 33.0 Å². The summed E-state index contributed by atoms with van der Waals surface area (Å²) in [7, 11) is 6.43. The van der Waals surface area contributed by atoms with Gasteiger partial charge < -0.3 is 28.5 Å². The largest absolute Gasteiger partial charge is 0.464 e. The number of hydrogen-bond acceptors (Lipinski definition) is 10. The van der Waals surface area contributed by atoms with Crippen LogP contribution in [0.5, 0.6) is 0 Å². The standard InChI is InChI=1S/C8H9BrN2O4.C7H7BrN2O4/c1-11-5(7(13)15-3)4(6(12)14-2)10-8(11)9;1-13-5(11)3-4(6(12)14-2)10-7(8)9-3/h1-3H3;1-2H3,(H,9,10). The number of imidazole rings is 2. The highest BCUT2D eigenvalue weighted by atomic mass is 79.9. The molecule has 0 aliphatic carbocycles. The molecule has 0 saturated heterocycles. The molecule has 29 heavy (non-hydrogen) atoms. The highest BCUT2D eigenvalue weighted by Crippen LogP contribution is 2.17. The Hall–Kier alpha value is -2.74. The molecule has 0 atom stereocenters. The molecule has 12 nitrogen and oxygen atoms in total. The first-order valence-corrected chi connectivity index (χ1v) is 9.02. The van der Waals surface area contributed by atoms with Crippen molar-refractivity contribution in [2.24, 2.45) is 7.05 Å². The maximum absolute atomic E-state index is 11.4. The van der Waals surface area contributed by atoms with Crippen molar-refractivity contribution in [3.8, 4) is 0 Å². The van der Waals surface area contributed by atoms with Gasteiger partial charge in [-0.3, -0.25) is 0 Å². The zero-order valence-corrected chi connectivity index (χ0v) is 19.0. The van der Waals surface area contributed by atoms with Gasteiger partial charge in [0.15, 0.2) is 32.2 Å². The number of halogens is 2. The Bertz CT molecular complexity index is 904. The molecule has 0 aromatic carbocycles. The fourth-order valence-electron chi connectivity index (χ4n) is 1.88. The van der Waals surface area contributed by atoms with Crippen molar-refractivity contribution in [1.29, 1.82) is 0 Å². The molecule has 0 aliphatic heterocycles. The van der Waals surface area contributed by atoms with Crippen LogP contribution in [0.15, 0.2) is 9.47 Å². The minimum atomic E-state index is -0.702. The molecule has 2 aromatic rings. The van der Waals surface area contributed by atoms with Crippen LogP contribution in [-0.4, -0.2) is 71.8 Å². The highest BCUT2D eigenvalue weighted by Gasteiger charge is 2.26. The Labute approximate surface area is 181 Å². The summed E-state index contributed by atoms with van der Waals surface area (Å²) in [5.74, 6) is -2.70. The molecular weight excluding hydrogens is 524 g/mol. The number of ether oxygens (including phenoxy) is 4. The number of nitrogens with one attached hydrogen (secondary N) is 1. The third-order valence-electron chi connectivity index (χ3n) is 3.24. The van der Waals surface area contributed by atoms with Crippen molar-refractivity contribution in [1.82, 2.24) is 19.5 Å². The third kappa shape index (κ3) is 5.63. The van der Waals surface area contributed by atoms with Crippen LogP contribution in [0.3, 0.4) is 0 Å². The average molecular weight is 540 g/mol. The van der Waals surface area contributed by atoms with Crippen molar-refractivity contribution in [2.45, 2.75) is 0 Å². The lowest BCUT2D eigenvalue weighted by Crippen LogP contribution is -2.14. The molecule has 2 rings (SSSR count). The number of nitrogens with zero attached hydrogens (tertiary/aromatic N) is 3. The number of aromatic nitrogens is 4. The van der Waals surface area contributed by atoms with Crippen LogP contribution in [0, 0.1) is 0 Å². The van der Waals surface area contributed by atoms with Crippen LogP contribution in [0.25, 0.3) is 0 Å². The summed E-state index contributed by atoms with van der Waals surface area (Å²) in [5.41, 5.74) is -0.160. The van der Waals surface area contributed by atoms with Crippen LogP contribution < -0.4 is 0 Å². The van der Waals surface area contributed by atoms with Gasteiger partial charge in [-0.2, -0.15) is 0 Å². The molecule has 2 heterocycles. The molecule has 0 spiro atoms. The lowest BCUT2D eigenvalue weighted by Gasteiger charge is -2.02. The van der Waals surface area contributed by atoms with Crippen molar-refractivity contribution in [3.05, 3.63) is 32.2 Å². The number of aromatic amines is 1. The topological polar surface area (TPSA) is 152 Å². The minimum Gasteiger partial charge on any atom is -0.464 e. The lowest BCUT2D eigenvalue weighted by molar-refractivity contribution is 0.0544. The molecule has 0 bridgehead atoms. The van der Waals surface area contributed by atoms with Crippen molar-refractivity contribution in [3.63, 3.8) is 0 Å². The van der Waals surface area contributed by atoms with Crippen LogP contribution in [-0.2, 0) is 26.0 Å². The van der Waals surface area contributed by atoms with Crippen LogP contribution in [0.4, 0.5) is 0 Å². The van der Waals surface area contributed by atoms with Gasteiger partial charge in [0.2, 0.25) is 0 Å². The van der Waals surface area contributed by atoms with Gasteiger partial charge in [0.1, 0.15) is 0 Å². The smallest absolute Gasteiger partial charge is 0.359 e. The molecule has 0 radical (unpaired) electrons. The van der Waals surface area contributed by atoms with E-state index in [0.717, 1.165) is 0 Å². The molecule has 14 heteroatoms. The zero-order chi connectivity index (χ0) is 22.3. The Balaban J connectivity index is 0.000000291. The van der Waals surface area contributed by atoms with Gasteiger partial charge in [0.25, 0.3) is 0 Å². The van der Waals surface area contributed by atoms with Crippen molar-refractivity contribution in [2.75, 3.05) is 28.4 Å². The maximum Gasteiger partial charge on any atom is 0.359 e. The van der Waals surface area contributed by atoms with E-state index in [-0.39, 0.29) is 27.5 Å². The fraction of sp³-hybridized carbons (Fsp3) is 0.333. The van der Waals surface area contributed by atoms with Gasteiger partial charge in [-0.1, -0.05) is 0 Å². The number of carbonyl (C=O) groups excluding carboxylic acids is 4. The predicted octanol–water partition coefficient (Wildman–Crippen LogP) is 1.50. The second-order valence-corrected chi connectivity index (χ2v) is 6.32. The number of methoxy groups -OCH3 is 4. The van der Waals surface area contributed by atoms with E-state index in [1.807, 2.05) is 0 Å². The molecule has 2 aromatic heterocycles. The summed E-state index contributed by atoms with van der Waals surface area (Å²) in [4.78, 5) is 55.1. The van der Waals surface area contributed by atoms with E-state index in [9.17, 15) is 19.2 Å². The van der Waals surface area contributed by atoms with E-state index in [1.54, 1.807) is 7.05 Å². The summed E-state index contributed by atoms with van der Waals surface area (Å²) in [5, 5.41) is 0. The van der Waals surface area contributed by atoms with Crippen LogP contribution >= 0.6 is 31.9 Å². The second-order valence-electron chi connectivity index (χ2n) is 4.85. The Morgan fingerprint density at radius 1 is 0.793 bits per heavy atom. The van der Waals surface area contributed by atoms with E-state index in [2.05, 4.69) is 65.8 Å². The van der Waals surface area contributed by atoms with Gasteiger partial charge in [0.05, 0.1) is 28.4 Å². The molecular formula is C15H16Br2N4O8. The van der Waals surface area contributed by atoms with Crippen LogP contribution in [0.2, 0.25) is 0 Å². The molecule has 1 N–H and O–H groups in total. The van der Waals surface area contributed by atoms with E-state index in [0.29, 0.717) is 4.73 Å². The SMILES string of the molecule is COC(=O)c1nc(Br)[nH]c1C(=O)OC.COC(=O)c1nc(Br)n(C)c1C(=O)OC. The normalized spacial score (nSPS) is 9.76. The monoisotopic (exact) mass is 538 g/mol. The van der Waals surface area contributed by atoms with Gasteiger partial charge in [-0.25, -0.2) is 29.1 Å². The summed E-state index contributed by atoms with van der Waals surface area (Å²) in [6.45, 7) is 0. The van der Waals surface area contributed by atoms with Gasteiger partial charge in [-0.05, 0) is 31.9 Å². The number of H-pyrrole nitrogens is 1. The zero-order valence-electron chi connectivity index (χ0n) is 15.9. The summed E-state index contributed by atoms with van der Waals surface area (Å²) in [6, 6.07) is 0. The molecule has 0 unspecified atom stereocenters. The quantitative estimate of drug-likeness (QED) is 0.446. The second kappa shape index (κ2) is 10.7. The molecule has 0 aliphatic rings.